The first-order chi connectivity index (χ1) is 9.56. The number of pyridine rings is 1. The summed E-state index contributed by atoms with van der Waals surface area (Å²) in [7, 11) is 0. The van der Waals surface area contributed by atoms with E-state index in [0.29, 0.717) is 21.4 Å². The summed E-state index contributed by atoms with van der Waals surface area (Å²) in [6.07, 6.45) is 1.52. The molecule has 0 radical (unpaired) electrons. The summed E-state index contributed by atoms with van der Waals surface area (Å²) in [4.78, 5) is 15.5. The van der Waals surface area contributed by atoms with Gasteiger partial charge in [-0.1, -0.05) is 34.8 Å². The van der Waals surface area contributed by atoms with Crippen molar-refractivity contribution in [2.75, 3.05) is 10.7 Å². The molecule has 20 heavy (non-hydrogen) atoms. The molecular weight excluding hydrogens is 323 g/mol. The number of nitrogens with zero attached hydrogens (tertiary/aromatic N) is 1. The molecule has 0 saturated carbocycles. The van der Waals surface area contributed by atoms with Crippen LogP contribution in [0.1, 0.15) is 0 Å². The molecule has 0 spiro atoms. The summed E-state index contributed by atoms with van der Waals surface area (Å²) >= 11 is 17.5. The summed E-state index contributed by atoms with van der Waals surface area (Å²) in [6, 6.07) is 7.62. The molecule has 0 unspecified atom stereocenters. The average Bonchev–Trinajstić information content (AvgIpc) is 2.40. The molecule has 2 rings (SSSR count). The first-order valence-electron chi connectivity index (χ1n) is 5.45. The minimum absolute atomic E-state index is 0.201. The highest BCUT2D eigenvalue weighted by molar-refractivity contribution is 6.36. The van der Waals surface area contributed by atoms with E-state index in [1.165, 1.54) is 6.20 Å². The molecule has 0 aliphatic rings. The van der Waals surface area contributed by atoms with E-state index in [4.69, 9.17) is 34.8 Å². The number of hydrogen-bond donors (Lipinski definition) is 3. The van der Waals surface area contributed by atoms with Crippen molar-refractivity contribution in [1.82, 2.24) is 10.4 Å². The van der Waals surface area contributed by atoms with E-state index in [2.05, 4.69) is 21.2 Å². The number of amides is 2. The van der Waals surface area contributed by atoms with Crippen LogP contribution in [-0.2, 0) is 0 Å². The molecule has 8 heteroatoms. The Balaban J connectivity index is 1.94. The lowest BCUT2D eigenvalue weighted by Gasteiger charge is -2.11. The monoisotopic (exact) mass is 330 g/mol. The predicted octanol–water partition coefficient (Wildman–Crippen LogP) is 4.19. The number of aromatic nitrogens is 1. The smallest absolute Gasteiger partial charge is 0.304 e. The maximum absolute atomic E-state index is 11.7. The molecule has 0 aliphatic heterocycles. The van der Waals surface area contributed by atoms with E-state index in [0.717, 1.165) is 0 Å². The highest BCUT2D eigenvalue weighted by atomic mass is 35.5. The number of carbonyl (C=O) groups excluding carboxylic acids is 1. The molecule has 1 heterocycles. The third-order valence-electron chi connectivity index (χ3n) is 2.25. The van der Waals surface area contributed by atoms with Gasteiger partial charge in [-0.3, -0.25) is 10.9 Å². The maximum atomic E-state index is 11.7. The number of urea groups is 1. The molecule has 0 bridgehead atoms. The number of nitrogens with one attached hydrogen (secondary N) is 3. The van der Waals surface area contributed by atoms with Gasteiger partial charge in [-0.15, -0.1) is 0 Å². The number of halogens is 3. The van der Waals surface area contributed by atoms with Crippen molar-refractivity contribution in [1.29, 1.82) is 0 Å². The van der Waals surface area contributed by atoms with Crippen LogP contribution >= 0.6 is 34.8 Å². The molecule has 0 atom stereocenters. The minimum Gasteiger partial charge on any atom is -0.304 e. The topological polar surface area (TPSA) is 66.1 Å². The minimum atomic E-state index is -0.508. The van der Waals surface area contributed by atoms with Crippen molar-refractivity contribution >= 4 is 52.2 Å². The largest absolute Gasteiger partial charge is 0.337 e. The summed E-state index contributed by atoms with van der Waals surface area (Å²) in [5.41, 5.74) is 6.00. The van der Waals surface area contributed by atoms with Crippen molar-refractivity contribution in [2.45, 2.75) is 0 Å². The standard InChI is InChI=1S/C12H9Cl3N4O/c13-7-3-4-9(8(14)6-7)18-19-12(20)17-10-2-1-5-16-11(10)15/h1-6,18H,(H2,17,19,20). The van der Waals surface area contributed by atoms with Crippen molar-refractivity contribution < 1.29 is 4.79 Å². The van der Waals surface area contributed by atoms with E-state index in [-0.39, 0.29) is 5.15 Å². The van der Waals surface area contributed by atoms with Gasteiger partial charge in [-0.25, -0.2) is 9.78 Å². The second-order valence-corrected chi connectivity index (χ2v) is 4.87. The van der Waals surface area contributed by atoms with Crippen molar-refractivity contribution in [3.05, 3.63) is 51.7 Å². The zero-order chi connectivity index (χ0) is 14.5. The lowest BCUT2D eigenvalue weighted by atomic mass is 10.3. The van der Waals surface area contributed by atoms with Gasteiger partial charge in [0.1, 0.15) is 0 Å². The van der Waals surface area contributed by atoms with Gasteiger partial charge >= 0.3 is 6.03 Å². The van der Waals surface area contributed by atoms with Crippen LogP contribution in [0.25, 0.3) is 0 Å². The summed E-state index contributed by atoms with van der Waals surface area (Å²) < 4.78 is 0. The molecule has 104 valence electrons. The Bertz CT molecular complexity index is 636. The number of hydrogen-bond acceptors (Lipinski definition) is 3. The van der Waals surface area contributed by atoms with E-state index in [1.807, 2.05) is 0 Å². The van der Waals surface area contributed by atoms with Crippen molar-refractivity contribution in [3.8, 4) is 0 Å². The summed E-state index contributed by atoms with van der Waals surface area (Å²) in [5.74, 6) is 0. The van der Waals surface area contributed by atoms with Gasteiger partial charge in [-0.05, 0) is 30.3 Å². The Morgan fingerprint density at radius 1 is 1.10 bits per heavy atom. The van der Waals surface area contributed by atoms with Gasteiger partial charge in [-0.2, -0.15) is 0 Å². The number of rotatable bonds is 3. The molecule has 2 aromatic rings. The first kappa shape index (κ1) is 14.7. The summed E-state index contributed by atoms with van der Waals surface area (Å²) in [5, 5.41) is 3.63. The average molecular weight is 332 g/mol. The zero-order valence-electron chi connectivity index (χ0n) is 9.95. The third kappa shape index (κ3) is 3.90. The Kier molecular flexibility index (Phi) is 4.89. The Labute approximate surface area is 130 Å². The van der Waals surface area contributed by atoms with Crippen LogP contribution in [0, 0.1) is 0 Å². The highest BCUT2D eigenvalue weighted by Gasteiger charge is 2.06. The van der Waals surface area contributed by atoms with E-state index >= 15 is 0 Å². The lowest BCUT2D eigenvalue weighted by Crippen LogP contribution is -2.33. The molecule has 1 aromatic carbocycles. The maximum Gasteiger partial charge on any atom is 0.337 e. The fraction of sp³-hybridized carbons (Fsp3) is 0. The first-order valence-corrected chi connectivity index (χ1v) is 6.58. The molecule has 3 N–H and O–H groups in total. The van der Waals surface area contributed by atoms with Crippen molar-refractivity contribution in [2.24, 2.45) is 0 Å². The normalized spacial score (nSPS) is 9.95. The zero-order valence-corrected chi connectivity index (χ0v) is 12.2. The fourth-order valence-corrected chi connectivity index (χ4v) is 1.97. The van der Waals surface area contributed by atoms with Crippen LogP contribution in [0.15, 0.2) is 36.5 Å². The quantitative estimate of drug-likeness (QED) is 0.583. The van der Waals surface area contributed by atoms with Gasteiger partial charge < -0.3 is 5.32 Å². The third-order valence-corrected chi connectivity index (χ3v) is 3.10. The molecule has 5 nitrogen and oxygen atoms in total. The van der Waals surface area contributed by atoms with Gasteiger partial charge in [0, 0.05) is 11.2 Å². The van der Waals surface area contributed by atoms with Crippen LogP contribution in [0.4, 0.5) is 16.2 Å². The van der Waals surface area contributed by atoms with E-state index in [9.17, 15) is 4.79 Å². The molecular formula is C12H9Cl3N4O. The molecule has 0 fully saturated rings. The van der Waals surface area contributed by atoms with E-state index < -0.39 is 6.03 Å². The highest BCUT2D eigenvalue weighted by Crippen LogP contribution is 2.24. The van der Waals surface area contributed by atoms with Crippen LogP contribution in [-0.4, -0.2) is 11.0 Å². The molecule has 0 aliphatic carbocycles. The van der Waals surface area contributed by atoms with Crippen LogP contribution in [0.3, 0.4) is 0 Å². The number of anilines is 2. The molecule has 0 saturated heterocycles. The van der Waals surface area contributed by atoms with Crippen molar-refractivity contribution in [3.63, 3.8) is 0 Å². The second kappa shape index (κ2) is 6.65. The lowest BCUT2D eigenvalue weighted by molar-refractivity contribution is 0.254. The number of benzene rings is 1. The molecule has 2 amide bonds. The second-order valence-electron chi connectivity index (χ2n) is 3.67. The van der Waals surface area contributed by atoms with Gasteiger partial charge in [0.2, 0.25) is 0 Å². The van der Waals surface area contributed by atoms with Crippen LogP contribution < -0.4 is 16.2 Å². The van der Waals surface area contributed by atoms with Gasteiger partial charge in [0.05, 0.1) is 16.4 Å². The SMILES string of the molecule is O=C(NNc1ccc(Cl)cc1Cl)Nc1cccnc1Cl. The summed E-state index contributed by atoms with van der Waals surface area (Å²) in [6.45, 7) is 0. The van der Waals surface area contributed by atoms with Crippen LogP contribution in [0.2, 0.25) is 15.2 Å². The Morgan fingerprint density at radius 3 is 2.60 bits per heavy atom. The molecule has 1 aromatic heterocycles. The number of hydrazine groups is 1. The number of carbonyl (C=O) groups is 1. The van der Waals surface area contributed by atoms with Crippen LogP contribution in [0.5, 0.6) is 0 Å². The van der Waals surface area contributed by atoms with E-state index in [1.54, 1.807) is 30.3 Å². The van der Waals surface area contributed by atoms with Gasteiger partial charge in [0.15, 0.2) is 5.15 Å². The van der Waals surface area contributed by atoms with Gasteiger partial charge in [0.25, 0.3) is 0 Å². The Hall–Kier alpha value is -1.69. The predicted molar refractivity (Wildman–Crippen MR) is 81.5 cm³/mol. The fourth-order valence-electron chi connectivity index (χ4n) is 1.35. The Morgan fingerprint density at radius 2 is 1.90 bits per heavy atom.